The van der Waals surface area contributed by atoms with Gasteiger partial charge in [0.1, 0.15) is 16.8 Å². The molecule has 5 saturated carbocycles. The summed E-state index contributed by atoms with van der Waals surface area (Å²) in [4.78, 5) is 28.6. The SMILES string of the molecule is CCN1C[C@]2(OC(=O)c3ccccc3CC(=O)OC)CC[C@H](CO)[C@]34C1[C@H](CC23)[C@@]1(O)C[C@H](OC)[C@H]2CC4[C@]1(O)[C@H]2OC. The van der Waals surface area contributed by atoms with Gasteiger partial charge in [0.05, 0.1) is 31.3 Å². The van der Waals surface area contributed by atoms with Crippen molar-refractivity contribution in [1.82, 2.24) is 4.90 Å². The molecule has 10 heteroatoms. The summed E-state index contributed by atoms with van der Waals surface area (Å²) in [7, 11) is 4.59. The van der Waals surface area contributed by atoms with E-state index in [1.54, 1.807) is 38.5 Å². The maximum atomic E-state index is 14.1. The van der Waals surface area contributed by atoms with Gasteiger partial charge < -0.3 is 34.3 Å². The highest BCUT2D eigenvalue weighted by Gasteiger charge is 2.88. The Morgan fingerprint density at radius 1 is 1.07 bits per heavy atom. The number of piperidine rings is 1. The highest BCUT2D eigenvalue weighted by atomic mass is 16.6. The van der Waals surface area contributed by atoms with Gasteiger partial charge in [-0.15, -0.1) is 0 Å². The maximum Gasteiger partial charge on any atom is 0.339 e. The fraction of sp³-hybridized carbons (Fsp3) is 0.758. The molecule has 12 atom stereocenters. The first kappa shape index (κ1) is 29.6. The molecule has 0 radical (unpaired) electrons. The van der Waals surface area contributed by atoms with E-state index in [9.17, 15) is 24.9 Å². The van der Waals surface area contributed by atoms with Gasteiger partial charge in [0.2, 0.25) is 0 Å². The number of rotatable bonds is 8. The van der Waals surface area contributed by atoms with Crippen molar-refractivity contribution in [2.24, 2.45) is 35.0 Å². The number of esters is 2. The average Bonchev–Trinajstić information content (AvgIpc) is 3.43. The minimum Gasteiger partial charge on any atom is -0.469 e. The molecule has 6 aliphatic rings. The number of aliphatic hydroxyl groups is 3. The Bertz CT molecular complexity index is 1310. The number of carbonyl (C=O) groups is 2. The number of aliphatic hydroxyl groups excluding tert-OH is 1. The molecule has 10 nitrogen and oxygen atoms in total. The molecular formula is C33H45NO9. The standard InChI is InChI=1S/C33H45NO9/c1-5-34-17-30(43-29(37)20-9-7-6-8-18(20)12-26(36)41-3)11-10-19(16-35)32-24(30)14-22(27(32)34)31(38)15-23(40-2)21-13-25(32)33(31,39)28(21)42-4/h6-9,19,21-25,27-28,35,38-39H,5,10-17H2,1-4H3/t19-,21-,22+,23+,24?,25?,27?,28+,30-,31+,32+,33+/m1/s1. The summed E-state index contributed by atoms with van der Waals surface area (Å²) < 4.78 is 23.6. The summed E-state index contributed by atoms with van der Waals surface area (Å²) >= 11 is 0. The van der Waals surface area contributed by atoms with Gasteiger partial charge in [0.25, 0.3) is 0 Å². The summed E-state index contributed by atoms with van der Waals surface area (Å²) in [6.45, 7) is 3.25. The second-order valence-corrected chi connectivity index (χ2v) is 14.0. The monoisotopic (exact) mass is 599 g/mol. The van der Waals surface area contributed by atoms with Crippen LogP contribution in [-0.2, 0) is 30.2 Å². The number of methoxy groups -OCH3 is 3. The summed E-state index contributed by atoms with van der Waals surface area (Å²) in [5.41, 5.74) is -3.56. The Kier molecular flexibility index (Phi) is 6.86. The number of hydrogen-bond donors (Lipinski definition) is 3. The minimum absolute atomic E-state index is 0.0374. The molecule has 0 amide bonds. The molecule has 236 valence electrons. The average molecular weight is 600 g/mol. The van der Waals surface area contributed by atoms with Crippen molar-refractivity contribution in [2.75, 3.05) is 41.0 Å². The summed E-state index contributed by atoms with van der Waals surface area (Å²) in [5.74, 6) is -1.99. The van der Waals surface area contributed by atoms with Crippen LogP contribution in [0.25, 0.3) is 0 Å². The Hall–Kier alpha value is -2.08. The number of likely N-dealkylation sites (tertiary alicyclic amines) is 1. The van der Waals surface area contributed by atoms with Gasteiger partial charge in [0.15, 0.2) is 0 Å². The van der Waals surface area contributed by atoms with E-state index in [0.29, 0.717) is 56.3 Å². The zero-order valence-electron chi connectivity index (χ0n) is 25.5. The lowest BCUT2D eigenvalue weighted by atomic mass is 9.42. The Labute approximate surface area is 252 Å². The zero-order chi connectivity index (χ0) is 30.5. The molecule has 1 aromatic rings. The number of ether oxygens (including phenoxy) is 4. The number of likely N-dealkylation sites (N-methyl/N-ethyl adjacent to an activating group) is 1. The molecule has 7 rings (SSSR count). The van der Waals surface area contributed by atoms with Crippen LogP contribution in [-0.4, -0.2) is 108 Å². The predicted octanol–water partition coefficient (Wildman–Crippen LogP) is 1.57. The van der Waals surface area contributed by atoms with Crippen molar-refractivity contribution < 1.29 is 43.9 Å². The van der Waals surface area contributed by atoms with E-state index >= 15 is 0 Å². The summed E-state index contributed by atoms with van der Waals surface area (Å²) in [6.07, 6.45) is 1.83. The van der Waals surface area contributed by atoms with Crippen LogP contribution in [0.3, 0.4) is 0 Å². The van der Waals surface area contributed by atoms with Crippen LogP contribution in [0.1, 0.15) is 54.9 Å². The second-order valence-electron chi connectivity index (χ2n) is 14.0. The van der Waals surface area contributed by atoms with E-state index in [1.807, 2.05) is 0 Å². The molecule has 3 unspecified atom stereocenters. The van der Waals surface area contributed by atoms with Gasteiger partial charge in [-0.1, -0.05) is 25.1 Å². The van der Waals surface area contributed by atoms with Gasteiger partial charge >= 0.3 is 11.9 Å². The van der Waals surface area contributed by atoms with Crippen molar-refractivity contribution in [3.63, 3.8) is 0 Å². The van der Waals surface area contributed by atoms with E-state index in [4.69, 9.17) is 18.9 Å². The Morgan fingerprint density at radius 2 is 1.84 bits per heavy atom. The maximum absolute atomic E-state index is 14.1. The predicted molar refractivity (Wildman–Crippen MR) is 153 cm³/mol. The Balaban J connectivity index is 1.36. The summed E-state index contributed by atoms with van der Waals surface area (Å²) in [5, 5.41) is 36.6. The lowest BCUT2D eigenvalue weighted by Crippen LogP contribution is -2.82. The lowest BCUT2D eigenvalue weighted by Gasteiger charge is -2.71. The second kappa shape index (κ2) is 9.96. The molecule has 1 aromatic carbocycles. The van der Waals surface area contributed by atoms with Crippen LogP contribution in [0.5, 0.6) is 0 Å². The molecule has 43 heavy (non-hydrogen) atoms. The largest absolute Gasteiger partial charge is 0.469 e. The molecule has 1 saturated heterocycles. The van der Waals surface area contributed by atoms with Crippen LogP contribution in [0.2, 0.25) is 0 Å². The van der Waals surface area contributed by atoms with Crippen LogP contribution in [0, 0.1) is 35.0 Å². The van der Waals surface area contributed by atoms with E-state index in [0.717, 1.165) is 0 Å². The third-order valence-corrected chi connectivity index (χ3v) is 13.1. The molecule has 1 aliphatic heterocycles. The van der Waals surface area contributed by atoms with Crippen LogP contribution in [0.15, 0.2) is 24.3 Å². The first-order chi connectivity index (χ1) is 20.6. The topological polar surface area (TPSA) is 135 Å². The van der Waals surface area contributed by atoms with Gasteiger partial charge in [-0.05, 0) is 49.8 Å². The molecule has 1 heterocycles. The molecule has 3 N–H and O–H groups in total. The lowest BCUT2D eigenvalue weighted by molar-refractivity contribution is -0.333. The first-order valence-corrected chi connectivity index (χ1v) is 15.8. The van der Waals surface area contributed by atoms with E-state index in [1.165, 1.54) is 7.11 Å². The fourth-order valence-corrected chi connectivity index (χ4v) is 11.9. The van der Waals surface area contributed by atoms with Gasteiger partial charge in [-0.25, -0.2) is 4.79 Å². The van der Waals surface area contributed by atoms with Gasteiger partial charge in [-0.3, -0.25) is 9.69 Å². The minimum atomic E-state index is -1.51. The fourth-order valence-electron chi connectivity index (χ4n) is 11.9. The van der Waals surface area contributed by atoms with Crippen LogP contribution in [0.4, 0.5) is 0 Å². The molecule has 6 fully saturated rings. The molecule has 7 bridgehead atoms. The van der Waals surface area contributed by atoms with E-state index in [2.05, 4.69) is 11.8 Å². The third-order valence-electron chi connectivity index (χ3n) is 13.1. The zero-order valence-corrected chi connectivity index (χ0v) is 25.5. The smallest absolute Gasteiger partial charge is 0.339 e. The molecule has 1 spiro atoms. The van der Waals surface area contributed by atoms with Crippen molar-refractivity contribution in [1.29, 1.82) is 0 Å². The number of carbonyl (C=O) groups excluding carboxylic acids is 2. The number of benzene rings is 1. The first-order valence-electron chi connectivity index (χ1n) is 15.8. The van der Waals surface area contributed by atoms with E-state index < -0.39 is 40.3 Å². The van der Waals surface area contributed by atoms with Crippen LogP contribution < -0.4 is 0 Å². The van der Waals surface area contributed by atoms with Crippen molar-refractivity contribution in [3.05, 3.63) is 35.4 Å². The number of hydrogen-bond acceptors (Lipinski definition) is 10. The van der Waals surface area contributed by atoms with Gasteiger partial charge in [0, 0.05) is 68.9 Å². The highest BCUT2D eigenvalue weighted by Crippen LogP contribution is 2.80. The Morgan fingerprint density at radius 3 is 2.51 bits per heavy atom. The third kappa shape index (κ3) is 3.45. The molecular weight excluding hydrogens is 554 g/mol. The normalized spacial score (nSPS) is 47.3. The van der Waals surface area contributed by atoms with Crippen molar-refractivity contribution in [3.8, 4) is 0 Å². The van der Waals surface area contributed by atoms with Crippen molar-refractivity contribution in [2.45, 2.75) is 80.5 Å². The van der Waals surface area contributed by atoms with Crippen LogP contribution >= 0.6 is 0 Å². The van der Waals surface area contributed by atoms with E-state index in [-0.39, 0.29) is 54.8 Å². The number of fused-ring (bicyclic) bond motifs is 2. The summed E-state index contributed by atoms with van der Waals surface area (Å²) in [6, 6.07) is 6.90. The molecule has 5 aliphatic carbocycles. The quantitative estimate of drug-likeness (QED) is 0.378. The van der Waals surface area contributed by atoms with Gasteiger partial charge in [-0.2, -0.15) is 0 Å². The molecule has 0 aromatic heterocycles. The highest BCUT2D eigenvalue weighted by molar-refractivity contribution is 5.93. The number of nitrogens with zero attached hydrogens (tertiary/aromatic N) is 1. The van der Waals surface area contributed by atoms with Crippen molar-refractivity contribution >= 4 is 11.9 Å².